The number of rotatable bonds is 8. The number of hydrogen-bond donors (Lipinski definition) is 1. The van der Waals surface area contributed by atoms with E-state index in [1.54, 1.807) is 18.4 Å². The first-order valence-corrected chi connectivity index (χ1v) is 7.56. The van der Waals surface area contributed by atoms with Gasteiger partial charge in [0.2, 0.25) is 0 Å². The third-order valence-corrected chi connectivity index (χ3v) is 3.86. The molecule has 2 heterocycles. The number of anilines is 1. The fourth-order valence-corrected chi connectivity index (χ4v) is 2.78. The van der Waals surface area contributed by atoms with Crippen LogP contribution in [-0.4, -0.2) is 32.3 Å². The number of nitrogens with one attached hydrogen (secondary N) is 1. The minimum absolute atomic E-state index is 0.723. The van der Waals surface area contributed by atoms with Crippen LogP contribution in [-0.2, 0) is 17.8 Å². The maximum Gasteiger partial charge on any atom is 0.133 e. The zero-order valence-electron chi connectivity index (χ0n) is 12.0. The van der Waals surface area contributed by atoms with Crippen LogP contribution in [0.25, 0.3) is 0 Å². The third-order valence-electron chi connectivity index (χ3n) is 3.00. The number of nitrogens with zero attached hydrogens (tertiary/aromatic N) is 2. The summed E-state index contributed by atoms with van der Waals surface area (Å²) in [6.45, 7) is 3.27. The van der Waals surface area contributed by atoms with E-state index < -0.39 is 0 Å². The molecule has 0 aliphatic rings. The average molecular weight is 291 g/mol. The van der Waals surface area contributed by atoms with Gasteiger partial charge in [-0.05, 0) is 17.5 Å². The molecule has 1 N–H and O–H groups in total. The molecule has 0 aliphatic heterocycles. The molecule has 4 nitrogen and oxygen atoms in total. The predicted molar refractivity (Wildman–Crippen MR) is 84.2 cm³/mol. The Morgan fingerprint density at radius 1 is 1.35 bits per heavy atom. The van der Waals surface area contributed by atoms with Gasteiger partial charge in [-0.1, -0.05) is 12.1 Å². The van der Waals surface area contributed by atoms with Gasteiger partial charge < -0.3 is 15.0 Å². The van der Waals surface area contributed by atoms with Gasteiger partial charge in [0.25, 0.3) is 0 Å². The summed E-state index contributed by atoms with van der Waals surface area (Å²) >= 11 is 1.77. The highest BCUT2D eigenvalue weighted by atomic mass is 32.1. The Morgan fingerprint density at radius 2 is 2.25 bits per heavy atom. The van der Waals surface area contributed by atoms with Gasteiger partial charge in [0.15, 0.2) is 0 Å². The molecule has 0 saturated carbocycles. The molecule has 0 bridgehead atoms. The number of pyridine rings is 1. The van der Waals surface area contributed by atoms with E-state index in [1.807, 2.05) is 12.3 Å². The van der Waals surface area contributed by atoms with Gasteiger partial charge in [-0.15, -0.1) is 11.3 Å². The Morgan fingerprint density at radius 3 is 3.00 bits per heavy atom. The second-order valence-corrected chi connectivity index (χ2v) is 5.62. The molecule has 0 unspecified atom stereocenters. The van der Waals surface area contributed by atoms with Crippen LogP contribution in [0.4, 0.5) is 5.82 Å². The zero-order chi connectivity index (χ0) is 14.2. The van der Waals surface area contributed by atoms with Gasteiger partial charge in [0, 0.05) is 43.9 Å². The Labute approximate surface area is 124 Å². The van der Waals surface area contributed by atoms with Crippen molar-refractivity contribution in [3.8, 4) is 0 Å². The van der Waals surface area contributed by atoms with Gasteiger partial charge in [0.05, 0.1) is 13.2 Å². The molecular weight excluding hydrogens is 270 g/mol. The highest BCUT2D eigenvalue weighted by Crippen LogP contribution is 2.19. The number of aromatic nitrogens is 1. The summed E-state index contributed by atoms with van der Waals surface area (Å²) in [6, 6.07) is 8.34. The van der Waals surface area contributed by atoms with E-state index in [1.165, 1.54) is 10.4 Å². The lowest BCUT2D eigenvalue weighted by Crippen LogP contribution is -2.23. The largest absolute Gasteiger partial charge is 0.383 e. The molecule has 0 radical (unpaired) electrons. The lowest BCUT2D eigenvalue weighted by molar-refractivity contribution is 0.199. The van der Waals surface area contributed by atoms with Crippen molar-refractivity contribution in [1.82, 2.24) is 10.3 Å². The zero-order valence-corrected chi connectivity index (χ0v) is 12.8. The SMILES string of the molecule is COCCNCc1cccnc1N(C)Cc1cccs1. The van der Waals surface area contributed by atoms with E-state index in [-0.39, 0.29) is 0 Å². The van der Waals surface area contributed by atoms with E-state index in [4.69, 9.17) is 4.74 Å². The Kier molecular flexibility index (Phi) is 5.98. The van der Waals surface area contributed by atoms with Crippen molar-refractivity contribution in [3.05, 3.63) is 46.3 Å². The van der Waals surface area contributed by atoms with Gasteiger partial charge in [-0.25, -0.2) is 4.98 Å². The standard InChI is InChI=1S/C15H21N3OS/c1-18(12-14-6-4-10-20-14)15-13(5-3-7-17-15)11-16-8-9-19-2/h3-7,10,16H,8-9,11-12H2,1-2H3. The van der Waals surface area contributed by atoms with Gasteiger partial charge in [-0.2, -0.15) is 0 Å². The Balaban J connectivity index is 1.99. The molecule has 2 aromatic rings. The van der Waals surface area contributed by atoms with Crippen LogP contribution in [0.3, 0.4) is 0 Å². The first-order chi connectivity index (χ1) is 9.81. The predicted octanol–water partition coefficient (Wildman–Crippen LogP) is 2.52. The molecule has 0 aromatic carbocycles. The van der Waals surface area contributed by atoms with Gasteiger partial charge >= 0.3 is 0 Å². The molecular formula is C15H21N3OS. The first-order valence-electron chi connectivity index (χ1n) is 6.68. The summed E-state index contributed by atoms with van der Waals surface area (Å²) < 4.78 is 5.04. The van der Waals surface area contributed by atoms with Gasteiger partial charge in [0.1, 0.15) is 5.82 Å². The van der Waals surface area contributed by atoms with Crippen molar-refractivity contribution in [1.29, 1.82) is 0 Å². The quantitative estimate of drug-likeness (QED) is 0.758. The minimum atomic E-state index is 0.723. The molecule has 0 spiro atoms. The summed E-state index contributed by atoms with van der Waals surface area (Å²) in [5.41, 5.74) is 1.21. The van der Waals surface area contributed by atoms with Crippen LogP contribution in [0.2, 0.25) is 0 Å². The summed E-state index contributed by atoms with van der Waals surface area (Å²) in [4.78, 5) is 8.05. The normalized spacial score (nSPS) is 10.7. The molecule has 2 rings (SSSR count). The molecule has 0 amide bonds. The fourth-order valence-electron chi connectivity index (χ4n) is 2.02. The monoisotopic (exact) mass is 291 g/mol. The number of hydrogen-bond acceptors (Lipinski definition) is 5. The molecule has 0 aliphatic carbocycles. The second-order valence-electron chi connectivity index (χ2n) is 4.59. The molecule has 20 heavy (non-hydrogen) atoms. The summed E-state index contributed by atoms with van der Waals surface area (Å²) in [5.74, 6) is 1.03. The minimum Gasteiger partial charge on any atom is -0.383 e. The maximum atomic E-state index is 5.04. The molecule has 2 aromatic heterocycles. The van der Waals surface area contributed by atoms with Crippen LogP contribution in [0.15, 0.2) is 35.8 Å². The molecule has 0 atom stereocenters. The van der Waals surface area contributed by atoms with E-state index in [0.717, 1.165) is 32.1 Å². The van der Waals surface area contributed by atoms with E-state index in [9.17, 15) is 0 Å². The van der Waals surface area contributed by atoms with Crippen LogP contribution in [0.1, 0.15) is 10.4 Å². The average Bonchev–Trinajstić information content (AvgIpc) is 2.97. The van der Waals surface area contributed by atoms with Crippen LogP contribution < -0.4 is 10.2 Å². The van der Waals surface area contributed by atoms with Crippen molar-refractivity contribution >= 4 is 17.2 Å². The highest BCUT2D eigenvalue weighted by molar-refractivity contribution is 7.09. The molecule has 108 valence electrons. The topological polar surface area (TPSA) is 37.4 Å². The number of methoxy groups -OCH3 is 1. The number of ether oxygens (including phenoxy) is 1. The lowest BCUT2D eigenvalue weighted by Gasteiger charge is -2.20. The Hall–Kier alpha value is -1.43. The maximum absolute atomic E-state index is 5.04. The van der Waals surface area contributed by atoms with Crippen molar-refractivity contribution in [2.75, 3.05) is 32.2 Å². The van der Waals surface area contributed by atoms with Crippen molar-refractivity contribution in [3.63, 3.8) is 0 Å². The summed E-state index contributed by atoms with van der Waals surface area (Å²) in [7, 11) is 3.80. The lowest BCUT2D eigenvalue weighted by atomic mass is 10.2. The van der Waals surface area contributed by atoms with Crippen LogP contribution in [0, 0.1) is 0 Å². The van der Waals surface area contributed by atoms with Gasteiger partial charge in [-0.3, -0.25) is 0 Å². The van der Waals surface area contributed by atoms with E-state index in [0.29, 0.717) is 0 Å². The summed E-state index contributed by atoms with van der Waals surface area (Å²) in [5, 5.41) is 5.47. The van der Waals surface area contributed by atoms with E-state index in [2.05, 4.69) is 45.8 Å². The first kappa shape index (κ1) is 15.0. The second kappa shape index (κ2) is 7.99. The van der Waals surface area contributed by atoms with Crippen molar-refractivity contribution in [2.45, 2.75) is 13.1 Å². The molecule has 5 heteroatoms. The smallest absolute Gasteiger partial charge is 0.133 e. The van der Waals surface area contributed by atoms with Crippen LogP contribution >= 0.6 is 11.3 Å². The van der Waals surface area contributed by atoms with Crippen molar-refractivity contribution in [2.24, 2.45) is 0 Å². The molecule has 0 fully saturated rings. The van der Waals surface area contributed by atoms with Crippen LogP contribution in [0.5, 0.6) is 0 Å². The third kappa shape index (κ3) is 4.30. The Bertz CT molecular complexity index is 502. The number of thiophene rings is 1. The highest BCUT2D eigenvalue weighted by Gasteiger charge is 2.09. The fraction of sp³-hybridized carbons (Fsp3) is 0.400. The summed E-state index contributed by atoms with van der Waals surface area (Å²) in [6.07, 6.45) is 1.85. The van der Waals surface area contributed by atoms with Crippen molar-refractivity contribution < 1.29 is 4.74 Å². The van der Waals surface area contributed by atoms with E-state index >= 15 is 0 Å². The molecule has 0 saturated heterocycles.